The molecule has 12 rings (SSSR count). The van der Waals surface area contributed by atoms with Crippen LogP contribution in [0.2, 0.25) is 0 Å². The van der Waals surface area contributed by atoms with Crippen molar-refractivity contribution in [2.75, 3.05) is 0 Å². The molecule has 0 N–H and O–H groups in total. The van der Waals surface area contributed by atoms with Crippen molar-refractivity contribution in [3.8, 4) is 0 Å². The average molecular weight is 1370 g/mol. The predicted molar refractivity (Wildman–Crippen MR) is 468 cm³/mol. The molecule has 0 heteroatoms. The van der Waals surface area contributed by atoms with E-state index in [1.807, 2.05) is 249 Å². The van der Waals surface area contributed by atoms with Crippen LogP contribution in [0.5, 0.6) is 0 Å². The molecule has 12 saturated carbocycles. The van der Waals surface area contributed by atoms with Gasteiger partial charge in [0.05, 0.1) is 0 Å². The van der Waals surface area contributed by atoms with Crippen molar-refractivity contribution in [2.24, 2.45) is 71.0 Å². The number of hydrogen-bond donors (Lipinski definition) is 0. The number of hydrogen-bond acceptors (Lipinski definition) is 0. The van der Waals surface area contributed by atoms with Crippen molar-refractivity contribution in [3.05, 3.63) is 0 Å². The highest BCUT2D eigenvalue weighted by molar-refractivity contribution is 4.83. The topological polar surface area (TPSA) is 0 Å². The molecule has 0 spiro atoms. The highest BCUT2D eigenvalue weighted by atomic mass is 14.4. The standard InChI is InChI=1S/6C10H18.18C2H6/c6*1-2-6-10-8-4-3-7-9(10)5-1;18*1-2/h6*9-10H,1-8H2;18*1-2H3. The Morgan fingerprint density at radius 2 is 0.104 bits per heavy atom. The molecule has 0 saturated heterocycles. The van der Waals surface area contributed by atoms with Crippen molar-refractivity contribution in [1.82, 2.24) is 0 Å². The van der Waals surface area contributed by atoms with Crippen LogP contribution in [0.4, 0.5) is 0 Å². The SMILES string of the molecule is C1CCC2CCCCC2C1.C1CCC2CCCCC2C1.C1CCC2CCCCC2C1.C1CCC2CCCCC2C1.C1CCC2CCCCC2C1.C1CCC2CCCCC2C1.CC.CC.CC.CC.CC.CC.CC.CC.CC.CC.CC.CC.CC.CC.CC.CC.CC.CC. The molecule has 96 heavy (non-hydrogen) atoms. The maximum Gasteiger partial charge on any atom is -0.0386 e. The van der Waals surface area contributed by atoms with Crippen LogP contribution in [-0.2, 0) is 0 Å². The van der Waals surface area contributed by atoms with Gasteiger partial charge in [-0.1, -0.05) is 557 Å². The Balaban J connectivity index is -0.0000000806. The summed E-state index contributed by atoms with van der Waals surface area (Å²) in [6, 6.07) is 0. The zero-order chi connectivity index (χ0) is 76.9. The van der Waals surface area contributed by atoms with Crippen LogP contribution in [-0.4, -0.2) is 0 Å². The van der Waals surface area contributed by atoms with Gasteiger partial charge >= 0.3 is 0 Å². The number of rotatable bonds is 0. The minimum Gasteiger partial charge on any atom is -0.0683 e. The van der Waals surface area contributed by atoms with Crippen molar-refractivity contribution in [2.45, 2.75) is 557 Å². The van der Waals surface area contributed by atoms with Crippen molar-refractivity contribution in [1.29, 1.82) is 0 Å². The van der Waals surface area contributed by atoms with Crippen molar-refractivity contribution >= 4 is 0 Å². The summed E-state index contributed by atoms with van der Waals surface area (Å²) in [4.78, 5) is 0. The molecule has 12 aliphatic rings. The Labute approximate surface area is 624 Å². The summed E-state index contributed by atoms with van der Waals surface area (Å²) in [5, 5.41) is 0. The molecule has 0 radical (unpaired) electrons. The second kappa shape index (κ2) is 119. The van der Waals surface area contributed by atoms with Crippen LogP contribution in [0.3, 0.4) is 0 Å². The van der Waals surface area contributed by atoms with Gasteiger partial charge in [-0.15, -0.1) is 0 Å². The van der Waals surface area contributed by atoms with Gasteiger partial charge in [0.2, 0.25) is 0 Å². The first-order valence-corrected chi connectivity index (χ1v) is 47.8. The van der Waals surface area contributed by atoms with Gasteiger partial charge < -0.3 is 0 Å². The molecule has 0 aliphatic heterocycles. The van der Waals surface area contributed by atoms with Gasteiger partial charge in [-0.3, -0.25) is 0 Å². The first kappa shape index (κ1) is 123. The van der Waals surface area contributed by atoms with E-state index < -0.39 is 0 Å². The Morgan fingerprint density at radius 3 is 0.135 bits per heavy atom. The maximum atomic E-state index is 2.00. The first-order valence-electron chi connectivity index (χ1n) is 47.8. The Kier molecular flexibility index (Phi) is 152. The fourth-order valence-corrected chi connectivity index (χ4v) is 17.1. The monoisotopic (exact) mass is 1370 g/mol. The Bertz CT molecular complexity index is 701. The molecule has 0 aromatic carbocycles. The van der Waals surface area contributed by atoms with Crippen LogP contribution >= 0.6 is 0 Å². The minimum atomic E-state index is 1.16. The van der Waals surface area contributed by atoms with E-state index in [2.05, 4.69) is 0 Å². The van der Waals surface area contributed by atoms with E-state index in [-0.39, 0.29) is 0 Å². The highest BCUT2D eigenvalue weighted by Gasteiger charge is 2.31. The van der Waals surface area contributed by atoms with Gasteiger partial charge in [-0.05, 0) is 71.0 Å². The third-order valence-corrected chi connectivity index (χ3v) is 20.8. The normalized spacial score (nSPS) is 26.6. The third kappa shape index (κ3) is 69.7. The fraction of sp³-hybridized carbons (Fsp3) is 1.00. The molecule has 0 nitrogen and oxygen atoms in total. The van der Waals surface area contributed by atoms with Crippen LogP contribution < -0.4 is 0 Å². The first-order chi connectivity index (χ1) is 47.8. The minimum absolute atomic E-state index is 1.16. The second-order valence-corrected chi connectivity index (χ2v) is 24.5. The lowest BCUT2D eigenvalue weighted by Crippen LogP contribution is -2.22. The van der Waals surface area contributed by atoms with Crippen LogP contribution in [0.25, 0.3) is 0 Å². The van der Waals surface area contributed by atoms with E-state index in [0.29, 0.717) is 0 Å². The largest absolute Gasteiger partial charge is 0.0683 e. The Hall–Kier alpha value is 0. The average Bonchev–Trinajstić information content (AvgIpc) is 1.30. The lowest BCUT2D eigenvalue weighted by molar-refractivity contribution is 0.171. The molecule has 12 fully saturated rings. The zero-order valence-corrected chi connectivity index (χ0v) is 76.9. The van der Waals surface area contributed by atoms with E-state index in [9.17, 15) is 0 Å². The van der Waals surface area contributed by atoms with Crippen molar-refractivity contribution < 1.29 is 0 Å². The fourth-order valence-electron chi connectivity index (χ4n) is 17.1. The molecule has 0 aromatic heterocycles. The molecule has 0 unspecified atom stereocenters. The predicted octanol–water partition coefficient (Wildman–Crippen LogP) is 38.7. The summed E-state index contributed by atoms with van der Waals surface area (Å²) in [6.45, 7) is 72.0. The second-order valence-electron chi connectivity index (χ2n) is 24.5. The maximum absolute atomic E-state index is 2.00. The highest BCUT2D eigenvalue weighted by Crippen LogP contribution is 2.44. The summed E-state index contributed by atoms with van der Waals surface area (Å²) in [7, 11) is 0. The van der Waals surface area contributed by atoms with Gasteiger partial charge in [-0.2, -0.15) is 0 Å². The van der Waals surface area contributed by atoms with E-state index in [1.54, 1.807) is 154 Å². The molecule has 0 aromatic rings. The van der Waals surface area contributed by atoms with E-state index in [0.717, 1.165) is 71.0 Å². The smallest absolute Gasteiger partial charge is 0.0386 e. The summed E-state index contributed by atoms with van der Waals surface area (Å²) in [6.07, 6.45) is 74.1. The van der Waals surface area contributed by atoms with E-state index in [4.69, 9.17) is 0 Å². The number of fused-ring (bicyclic) bond motifs is 6. The zero-order valence-electron chi connectivity index (χ0n) is 76.9. The summed E-state index contributed by atoms with van der Waals surface area (Å²) < 4.78 is 0. The van der Waals surface area contributed by atoms with Gasteiger partial charge in [-0.25, -0.2) is 0 Å². The van der Waals surface area contributed by atoms with Crippen LogP contribution in [0, 0.1) is 71.0 Å². The molecule has 0 heterocycles. The molecule has 0 atom stereocenters. The molecule has 12 aliphatic carbocycles. The molecule has 0 amide bonds. The molecule has 0 bridgehead atoms. The van der Waals surface area contributed by atoms with Crippen LogP contribution in [0.1, 0.15) is 557 Å². The lowest BCUT2D eigenvalue weighted by Gasteiger charge is -2.35. The van der Waals surface area contributed by atoms with Crippen LogP contribution in [0.15, 0.2) is 0 Å². The van der Waals surface area contributed by atoms with Gasteiger partial charge in [0.1, 0.15) is 0 Å². The quantitative estimate of drug-likeness (QED) is 0.227. The van der Waals surface area contributed by atoms with Gasteiger partial charge in [0, 0.05) is 0 Å². The summed E-state index contributed by atoms with van der Waals surface area (Å²) in [5.74, 6) is 13.9. The molecular weight excluding hydrogens is 1150 g/mol. The summed E-state index contributed by atoms with van der Waals surface area (Å²) in [5.41, 5.74) is 0. The lowest BCUT2D eigenvalue weighted by atomic mass is 9.71. The molecular formula is C96H216. The van der Waals surface area contributed by atoms with Gasteiger partial charge in [0.15, 0.2) is 0 Å². The third-order valence-electron chi connectivity index (χ3n) is 20.8. The summed E-state index contributed by atoms with van der Waals surface area (Å²) >= 11 is 0. The van der Waals surface area contributed by atoms with E-state index >= 15 is 0 Å². The molecule has 600 valence electrons. The Morgan fingerprint density at radius 1 is 0.0729 bits per heavy atom. The van der Waals surface area contributed by atoms with E-state index in [1.165, 1.54) is 154 Å². The van der Waals surface area contributed by atoms with Gasteiger partial charge in [0.25, 0.3) is 0 Å². The van der Waals surface area contributed by atoms with Crippen molar-refractivity contribution in [3.63, 3.8) is 0 Å².